The lowest BCUT2D eigenvalue weighted by Crippen LogP contribution is -2.23. The summed E-state index contributed by atoms with van der Waals surface area (Å²) in [7, 11) is 0. The summed E-state index contributed by atoms with van der Waals surface area (Å²) in [4.78, 5) is 23.6. The number of carbonyl (C=O) groups excluding carboxylic acids is 1. The smallest absolute Gasteiger partial charge is 0.339 e. The summed E-state index contributed by atoms with van der Waals surface area (Å²) in [5.74, 6) is -0.586. The molecule has 144 valence electrons. The van der Waals surface area contributed by atoms with Crippen molar-refractivity contribution < 1.29 is 28.6 Å². The van der Waals surface area contributed by atoms with Crippen molar-refractivity contribution in [2.24, 2.45) is 0 Å². The van der Waals surface area contributed by atoms with E-state index in [9.17, 15) is 14.7 Å². The third-order valence-electron chi connectivity index (χ3n) is 4.43. The van der Waals surface area contributed by atoms with Crippen molar-refractivity contribution in [2.75, 3.05) is 13.2 Å². The normalized spacial score (nSPS) is 16.3. The first kappa shape index (κ1) is 19.0. The molecular formula is C20H23NO6. The first-order valence-electron chi connectivity index (χ1n) is 8.96. The van der Waals surface area contributed by atoms with E-state index >= 15 is 0 Å². The van der Waals surface area contributed by atoms with Gasteiger partial charge in [-0.1, -0.05) is 19.1 Å². The molecule has 2 heterocycles. The highest BCUT2D eigenvalue weighted by Crippen LogP contribution is 2.24. The third kappa shape index (κ3) is 4.49. The Morgan fingerprint density at radius 2 is 2.15 bits per heavy atom. The van der Waals surface area contributed by atoms with Crippen LogP contribution in [-0.4, -0.2) is 36.3 Å². The minimum atomic E-state index is -1.11. The van der Waals surface area contributed by atoms with E-state index in [-0.39, 0.29) is 29.7 Å². The van der Waals surface area contributed by atoms with E-state index in [2.05, 4.69) is 5.32 Å². The van der Waals surface area contributed by atoms with Gasteiger partial charge >= 0.3 is 5.97 Å². The maximum absolute atomic E-state index is 12.4. The van der Waals surface area contributed by atoms with Gasteiger partial charge in [0, 0.05) is 31.0 Å². The minimum absolute atomic E-state index is 0.0107. The van der Waals surface area contributed by atoms with E-state index in [4.69, 9.17) is 13.9 Å². The molecule has 0 aliphatic carbocycles. The van der Waals surface area contributed by atoms with Gasteiger partial charge in [-0.25, -0.2) is 4.79 Å². The van der Waals surface area contributed by atoms with Crippen LogP contribution < -0.4 is 10.1 Å². The van der Waals surface area contributed by atoms with Gasteiger partial charge in [-0.05, 0) is 18.6 Å². The van der Waals surface area contributed by atoms with Crippen LogP contribution in [0.25, 0.3) is 0 Å². The number of aromatic carboxylic acids is 1. The van der Waals surface area contributed by atoms with Gasteiger partial charge in [0.05, 0.1) is 13.2 Å². The maximum Gasteiger partial charge on any atom is 0.339 e. The minimum Gasteiger partial charge on any atom is -0.488 e. The van der Waals surface area contributed by atoms with Crippen LogP contribution >= 0.6 is 0 Å². The molecule has 0 bridgehead atoms. The van der Waals surface area contributed by atoms with E-state index in [0.29, 0.717) is 25.4 Å². The quantitative estimate of drug-likeness (QED) is 0.774. The largest absolute Gasteiger partial charge is 0.488 e. The molecule has 1 aliphatic rings. The SMILES string of the molecule is CCc1oc(C(=O)NCc2ccc(C)cc2OC2CCOC2)cc1C(=O)O. The van der Waals surface area contributed by atoms with Crippen molar-refractivity contribution in [1.82, 2.24) is 5.32 Å². The second-order valence-electron chi connectivity index (χ2n) is 6.50. The number of amides is 1. The number of furan rings is 1. The van der Waals surface area contributed by atoms with E-state index in [0.717, 1.165) is 17.5 Å². The van der Waals surface area contributed by atoms with Crippen LogP contribution in [0, 0.1) is 6.92 Å². The Morgan fingerprint density at radius 1 is 1.33 bits per heavy atom. The third-order valence-corrected chi connectivity index (χ3v) is 4.43. The van der Waals surface area contributed by atoms with Gasteiger partial charge in [-0.3, -0.25) is 4.79 Å². The zero-order valence-electron chi connectivity index (χ0n) is 15.4. The van der Waals surface area contributed by atoms with Crippen LogP contribution in [-0.2, 0) is 17.7 Å². The van der Waals surface area contributed by atoms with Crippen LogP contribution in [0.3, 0.4) is 0 Å². The number of carbonyl (C=O) groups is 2. The maximum atomic E-state index is 12.4. The summed E-state index contributed by atoms with van der Waals surface area (Å²) in [5.41, 5.74) is 1.91. The molecule has 7 nitrogen and oxygen atoms in total. The van der Waals surface area contributed by atoms with Crippen LogP contribution in [0.2, 0.25) is 0 Å². The molecule has 1 amide bonds. The molecule has 3 rings (SSSR count). The van der Waals surface area contributed by atoms with Gasteiger partial charge in [-0.15, -0.1) is 0 Å². The lowest BCUT2D eigenvalue weighted by atomic mass is 10.1. The highest BCUT2D eigenvalue weighted by molar-refractivity contribution is 5.96. The van der Waals surface area contributed by atoms with Gasteiger partial charge in [-0.2, -0.15) is 0 Å². The van der Waals surface area contributed by atoms with E-state index in [1.807, 2.05) is 25.1 Å². The predicted molar refractivity (Wildman–Crippen MR) is 97.2 cm³/mol. The molecule has 27 heavy (non-hydrogen) atoms. The molecule has 1 unspecified atom stereocenters. The first-order valence-corrected chi connectivity index (χ1v) is 8.96. The molecule has 0 spiro atoms. The summed E-state index contributed by atoms with van der Waals surface area (Å²) in [6.07, 6.45) is 1.25. The van der Waals surface area contributed by atoms with Crippen molar-refractivity contribution >= 4 is 11.9 Å². The van der Waals surface area contributed by atoms with Crippen molar-refractivity contribution in [3.8, 4) is 5.75 Å². The van der Waals surface area contributed by atoms with Crippen LogP contribution in [0.15, 0.2) is 28.7 Å². The lowest BCUT2D eigenvalue weighted by molar-refractivity contribution is 0.0694. The number of carboxylic acid groups (broad SMARTS) is 1. The molecule has 2 N–H and O–H groups in total. The standard InChI is InChI=1S/C20H23NO6/c1-3-16-15(20(23)24)9-18(27-16)19(22)21-10-13-5-4-12(2)8-17(13)26-14-6-7-25-11-14/h4-5,8-9,14H,3,6-7,10-11H2,1-2H3,(H,21,22)(H,23,24). The lowest BCUT2D eigenvalue weighted by Gasteiger charge is -2.16. The number of rotatable bonds is 7. The second kappa shape index (κ2) is 8.26. The summed E-state index contributed by atoms with van der Waals surface area (Å²) >= 11 is 0. The van der Waals surface area contributed by atoms with E-state index in [1.165, 1.54) is 6.07 Å². The number of carboxylic acids is 1. The van der Waals surface area contributed by atoms with Crippen LogP contribution in [0.1, 0.15) is 51.1 Å². The monoisotopic (exact) mass is 373 g/mol. The zero-order valence-corrected chi connectivity index (χ0v) is 15.4. The average molecular weight is 373 g/mol. The number of hydrogen-bond acceptors (Lipinski definition) is 5. The zero-order chi connectivity index (χ0) is 19.4. The topological polar surface area (TPSA) is 98.0 Å². The average Bonchev–Trinajstić information content (AvgIpc) is 3.30. The van der Waals surface area contributed by atoms with Gasteiger partial charge in [0.15, 0.2) is 5.76 Å². The van der Waals surface area contributed by atoms with Crippen molar-refractivity contribution in [3.63, 3.8) is 0 Å². The highest BCUT2D eigenvalue weighted by Gasteiger charge is 2.21. The van der Waals surface area contributed by atoms with Crippen molar-refractivity contribution in [1.29, 1.82) is 0 Å². The molecular weight excluding hydrogens is 350 g/mol. The predicted octanol–water partition coefficient (Wildman–Crippen LogP) is 2.95. The number of hydrogen-bond donors (Lipinski definition) is 2. The Balaban J connectivity index is 1.70. The summed E-state index contributed by atoms with van der Waals surface area (Å²) in [6.45, 7) is 5.24. The van der Waals surface area contributed by atoms with Crippen LogP contribution in [0.4, 0.5) is 0 Å². The van der Waals surface area contributed by atoms with E-state index in [1.54, 1.807) is 6.92 Å². The highest BCUT2D eigenvalue weighted by atomic mass is 16.5. The molecule has 2 aromatic rings. The molecule has 1 saturated heterocycles. The Labute approximate surface area is 157 Å². The second-order valence-corrected chi connectivity index (χ2v) is 6.50. The number of aryl methyl sites for hydroxylation is 2. The fraction of sp³-hybridized carbons (Fsp3) is 0.400. The van der Waals surface area contributed by atoms with Gasteiger partial charge in [0.1, 0.15) is 23.2 Å². The Bertz CT molecular complexity index is 835. The van der Waals surface area contributed by atoms with Crippen molar-refractivity contribution in [3.05, 3.63) is 52.5 Å². The van der Waals surface area contributed by atoms with Gasteiger partial charge < -0.3 is 24.3 Å². The fourth-order valence-corrected chi connectivity index (χ4v) is 2.95. The molecule has 7 heteroatoms. The molecule has 1 aromatic heterocycles. The fourth-order valence-electron chi connectivity index (χ4n) is 2.95. The summed E-state index contributed by atoms with van der Waals surface area (Å²) in [6, 6.07) is 7.05. The summed E-state index contributed by atoms with van der Waals surface area (Å²) in [5, 5.41) is 11.9. The molecule has 1 fully saturated rings. The Hall–Kier alpha value is -2.80. The molecule has 1 atom stereocenters. The first-order chi connectivity index (χ1) is 13.0. The number of ether oxygens (including phenoxy) is 2. The van der Waals surface area contributed by atoms with Gasteiger partial charge in [0.2, 0.25) is 0 Å². The Morgan fingerprint density at radius 3 is 2.78 bits per heavy atom. The number of nitrogens with one attached hydrogen (secondary N) is 1. The molecule has 0 radical (unpaired) electrons. The number of benzene rings is 1. The van der Waals surface area contributed by atoms with Crippen LogP contribution in [0.5, 0.6) is 5.75 Å². The molecule has 1 aliphatic heterocycles. The van der Waals surface area contributed by atoms with E-state index < -0.39 is 11.9 Å². The summed E-state index contributed by atoms with van der Waals surface area (Å²) < 4.78 is 16.8. The van der Waals surface area contributed by atoms with Gasteiger partial charge in [0.25, 0.3) is 5.91 Å². The van der Waals surface area contributed by atoms with Crippen molar-refractivity contribution in [2.45, 2.75) is 39.3 Å². The molecule has 0 saturated carbocycles. The Kier molecular flexibility index (Phi) is 5.81. The molecule has 1 aromatic carbocycles.